The quantitative estimate of drug-likeness (QED) is 0.797. The third-order valence-electron chi connectivity index (χ3n) is 4.44. The molecule has 1 saturated heterocycles. The van der Waals surface area contributed by atoms with E-state index >= 15 is 0 Å². The van der Waals surface area contributed by atoms with E-state index in [1.807, 2.05) is 24.8 Å². The van der Waals surface area contributed by atoms with E-state index < -0.39 is 17.7 Å². The van der Waals surface area contributed by atoms with Crippen LogP contribution >= 0.6 is 23.1 Å². The highest BCUT2D eigenvalue weighted by molar-refractivity contribution is 7.10. The van der Waals surface area contributed by atoms with E-state index in [4.69, 9.17) is 16.3 Å². The van der Waals surface area contributed by atoms with Gasteiger partial charge in [-0.25, -0.2) is 8.78 Å². The molecular formula is C18H19ClF2N4OS. The number of hydrogen-bond acceptors (Lipinski definition) is 6. The number of nitrogens with one attached hydrogen (secondary N) is 1. The average Bonchev–Trinajstić information content (AvgIpc) is 2.96. The summed E-state index contributed by atoms with van der Waals surface area (Å²) < 4.78 is 38.7. The minimum atomic E-state index is -0.601. The number of hydrogen-bond donors (Lipinski definition) is 1. The van der Waals surface area contributed by atoms with Crippen LogP contribution in [0, 0.1) is 23.0 Å². The smallest absolute Gasteiger partial charge is 0.162 e. The SMILES string of the molecule is CC1CN(C(CNc2snc(Cl)c2C#N)c2c(F)cccc2F)CC(C)O1. The van der Waals surface area contributed by atoms with Crippen LogP contribution in [0.1, 0.15) is 31.0 Å². The van der Waals surface area contributed by atoms with E-state index in [-0.39, 0.29) is 35.0 Å². The fourth-order valence-electron chi connectivity index (χ4n) is 3.39. The first-order valence-electron chi connectivity index (χ1n) is 8.53. The largest absolute Gasteiger partial charge is 0.373 e. The second-order valence-electron chi connectivity index (χ2n) is 6.53. The van der Waals surface area contributed by atoms with Crippen molar-refractivity contribution < 1.29 is 13.5 Å². The summed E-state index contributed by atoms with van der Waals surface area (Å²) in [4.78, 5) is 2.00. The second-order valence-corrected chi connectivity index (χ2v) is 7.66. The summed E-state index contributed by atoms with van der Waals surface area (Å²) in [6.07, 6.45) is -0.114. The van der Waals surface area contributed by atoms with Crippen LogP contribution in [0.4, 0.5) is 13.8 Å². The third-order valence-corrected chi connectivity index (χ3v) is 5.62. The van der Waals surface area contributed by atoms with Crippen molar-refractivity contribution in [2.75, 3.05) is 25.0 Å². The molecule has 0 bridgehead atoms. The molecule has 2 heterocycles. The number of nitrogens with zero attached hydrogens (tertiary/aromatic N) is 3. The second kappa shape index (κ2) is 8.48. The van der Waals surface area contributed by atoms with Crippen molar-refractivity contribution in [3.8, 4) is 6.07 Å². The van der Waals surface area contributed by atoms with Gasteiger partial charge in [0.2, 0.25) is 0 Å². The lowest BCUT2D eigenvalue weighted by atomic mass is 10.0. The molecule has 0 saturated carbocycles. The number of morpholine rings is 1. The Morgan fingerprint density at radius 2 is 2.00 bits per heavy atom. The normalized spacial score (nSPS) is 21.6. The lowest BCUT2D eigenvalue weighted by molar-refractivity contribution is -0.0801. The summed E-state index contributed by atoms with van der Waals surface area (Å²) in [5.74, 6) is -1.20. The zero-order chi connectivity index (χ0) is 19.6. The van der Waals surface area contributed by atoms with Gasteiger partial charge in [0.25, 0.3) is 0 Å². The van der Waals surface area contributed by atoms with Crippen molar-refractivity contribution >= 4 is 28.1 Å². The number of ether oxygens (including phenoxy) is 1. The minimum absolute atomic E-state index is 0.000389. The van der Waals surface area contributed by atoms with Gasteiger partial charge in [-0.3, -0.25) is 4.90 Å². The van der Waals surface area contributed by atoms with Gasteiger partial charge in [-0.05, 0) is 37.5 Å². The molecule has 0 amide bonds. The summed E-state index contributed by atoms with van der Waals surface area (Å²) >= 11 is 6.95. The Bertz CT molecular complexity index is 826. The molecule has 5 nitrogen and oxygen atoms in total. The average molecular weight is 413 g/mol. The molecule has 27 heavy (non-hydrogen) atoms. The Kier molecular flexibility index (Phi) is 6.27. The lowest BCUT2D eigenvalue weighted by Gasteiger charge is -2.40. The molecule has 1 aliphatic heterocycles. The standard InChI is InChI=1S/C18H19ClF2N4OS/c1-10-8-25(9-11(2)26-10)15(16-13(20)4-3-5-14(16)21)7-23-18-12(6-22)17(19)24-27-18/h3-5,10-11,15,23H,7-9H2,1-2H3. The van der Waals surface area contributed by atoms with Gasteiger partial charge in [-0.2, -0.15) is 9.64 Å². The molecule has 0 aliphatic carbocycles. The number of anilines is 1. The number of benzene rings is 1. The first-order valence-corrected chi connectivity index (χ1v) is 9.68. The van der Waals surface area contributed by atoms with Gasteiger partial charge in [-0.1, -0.05) is 17.7 Å². The van der Waals surface area contributed by atoms with Gasteiger partial charge < -0.3 is 10.1 Å². The minimum Gasteiger partial charge on any atom is -0.373 e. The van der Waals surface area contributed by atoms with Gasteiger partial charge in [0.05, 0.1) is 18.2 Å². The van der Waals surface area contributed by atoms with Crippen molar-refractivity contribution in [2.24, 2.45) is 0 Å². The van der Waals surface area contributed by atoms with Crippen LogP contribution in [-0.4, -0.2) is 41.1 Å². The molecule has 1 aromatic carbocycles. The van der Waals surface area contributed by atoms with E-state index in [1.165, 1.54) is 18.2 Å². The molecule has 144 valence electrons. The van der Waals surface area contributed by atoms with E-state index in [9.17, 15) is 14.0 Å². The van der Waals surface area contributed by atoms with E-state index in [0.29, 0.717) is 18.1 Å². The van der Waals surface area contributed by atoms with Gasteiger partial charge in [0.1, 0.15) is 28.3 Å². The van der Waals surface area contributed by atoms with Crippen LogP contribution in [0.2, 0.25) is 5.15 Å². The van der Waals surface area contributed by atoms with Crippen LogP contribution in [0.25, 0.3) is 0 Å². The van der Waals surface area contributed by atoms with Crippen LogP contribution in [0.3, 0.4) is 0 Å². The highest BCUT2D eigenvalue weighted by Gasteiger charge is 2.32. The number of rotatable bonds is 5. The molecule has 3 atom stereocenters. The van der Waals surface area contributed by atoms with Crippen molar-refractivity contribution in [3.05, 3.63) is 46.1 Å². The van der Waals surface area contributed by atoms with Crippen molar-refractivity contribution in [1.82, 2.24) is 9.27 Å². The summed E-state index contributed by atoms with van der Waals surface area (Å²) in [5, 5.41) is 12.9. The Hall–Kier alpha value is -1.79. The van der Waals surface area contributed by atoms with E-state index in [0.717, 1.165) is 11.5 Å². The van der Waals surface area contributed by atoms with E-state index in [2.05, 4.69) is 9.69 Å². The molecule has 0 radical (unpaired) electrons. The van der Waals surface area contributed by atoms with Crippen LogP contribution < -0.4 is 5.32 Å². The Balaban J connectivity index is 1.91. The number of nitriles is 1. The fourth-order valence-corrected chi connectivity index (χ4v) is 4.33. The van der Waals surface area contributed by atoms with Crippen molar-refractivity contribution in [1.29, 1.82) is 5.26 Å². The zero-order valence-corrected chi connectivity index (χ0v) is 16.4. The molecular weight excluding hydrogens is 394 g/mol. The maximum atomic E-state index is 14.5. The summed E-state index contributed by atoms with van der Waals surface area (Å²) in [7, 11) is 0. The molecule has 0 spiro atoms. The Labute approximate surface area is 165 Å². The molecule has 1 aliphatic rings. The maximum absolute atomic E-state index is 14.5. The molecule has 3 rings (SSSR count). The van der Waals surface area contributed by atoms with Crippen LogP contribution in [0.15, 0.2) is 18.2 Å². The molecule has 2 aromatic rings. The first-order chi connectivity index (χ1) is 12.9. The molecule has 1 fully saturated rings. The third kappa shape index (κ3) is 4.38. The Morgan fingerprint density at radius 3 is 2.59 bits per heavy atom. The van der Waals surface area contributed by atoms with Gasteiger partial charge in [-0.15, -0.1) is 0 Å². The number of halogens is 3. The van der Waals surface area contributed by atoms with E-state index in [1.54, 1.807) is 0 Å². The van der Waals surface area contributed by atoms with Crippen molar-refractivity contribution in [2.45, 2.75) is 32.1 Å². The summed E-state index contributed by atoms with van der Waals surface area (Å²) in [6.45, 7) is 5.14. The topological polar surface area (TPSA) is 61.2 Å². The van der Waals surface area contributed by atoms with Crippen LogP contribution in [-0.2, 0) is 4.74 Å². The monoisotopic (exact) mass is 412 g/mol. The molecule has 9 heteroatoms. The lowest BCUT2D eigenvalue weighted by Crippen LogP contribution is -2.48. The van der Waals surface area contributed by atoms with Gasteiger partial charge >= 0.3 is 0 Å². The number of aromatic nitrogens is 1. The van der Waals surface area contributed by atoms with Gasteiger partial charge in [0.15, 0.2) is 5.15 Å². The van der Waals surface area contributed by atoms with Crippen LogP contribution in [0.5, 0.6) is 0 Å². The van der Waals surface area contributed by atoms with Crippen molar-refractivity contribution in [3.63, 3.8) is 0 Å². The van der Waals surface area contributed by atoms with Gasteiger partial charge in [0, 0.05) is 25.2 Å². The first kappa shape index (κ1) is 20.0. The highest BCUT2D eigenvalue weighted by Crippen LogP contribution is 2.32. The molecule has 1 N–H and O–H groups in total. The molecule has 1 aromatic heterocycles. The predicted octanol–water partition coefficient (Wildman–Crippen LogP) is 4.21. The molecule has 3 unspecified atom stereocenters. The summed E-state index contributed by atoms with van der Waals surface area (Å²) in [6, 6.07) is 5.27. The predicted molar refractivity (Wildman–Crippen MR) is 101 cm³/mol. The Morgan fingerprint density at radius 1 is 1.37 bits per heavy atom. The fraction of sp³-hybridized carbons (Fsp3) is 0.444. The summed E-state index contributed by atoms with van der Waals surface area (Å²) in [5.41, 5.74) is 0.235. The maximum Gasteiger partial charge on any atom is 0.162 e. The zero-order valence-electron chi connectivity index (χ0n) is 14.9. The highest BCUT2D eigenvalue weighted by atomic mass is 35.5.